The maximum atomic E-state index is 12.8. The van der Waals surface area contributed by atoms with Gasteiger partial charge in [0.05, 0.1) is 5.02 Å². The van der Waals surface area contributed by atoms with Gasteiger partial charge in [0.15, 0.2) is 0 Å². The molecule has 0 radical (unpaired) electrons. The number of hydrogen-bond donors (Lipinski definition) is 2. The van der Waals surface area contributed by atoms with E-state index in [2.05, 4.69) is 44.7 Å². The Bertz CT molecular complexity index is 1090. The Labute approximate surface area is 189 Å². The fourth-order valence-corrected chi connectivity index (χ4v) is 6.81. The molecular formula is C21H21BrCl2N2O2S. The summed E-state index contributed by atoms with van der Waals surface area (Å²) in [6, 6.07) is 10.8. The number of halogens is 3. The molecule has 154 valence electrons. The molecule has 0 spiro atoms. The molecule has 1 aliphatic carbocycles. The van der Waals surface area contributed by atoms with Crippen molar-refractivity contribution in [2.24, 2.45) is 0 Å². The van der Waals surface area contributed by atoms with Crippen molar-refractivity contribution in [2.75, 3.05) is 11.9 Å². The number of nitrogens with one attached hydrogen (secondary N) is 2. The van der Waals surface area contributed by atoms with Gasteiger partial charge in [0, 0.05) is 33.2 Å². The summed E-state index contributed by atoms with van der Waals surface area (Å²) in [6.45, 7) is 4.67. The number of hydrogen-bond acceptors (Lipinski definition) is 3. The van der Waals surface area contributed by atoms with Gasteiger partial charge in [-0.1, -0.05) is 51.3 Å². The molecule has 1 aliphatic heterocycles. The highest BCUT2D eigenvalue weighted by Crippen LogP contribution is 2.53. The van der Waals surface area contributed by atoms with E-state index < -0.39 is 10.0 Å². The van der Waals surface area contributed by atoms with Crippen LogP contribution in [0.3, 0.4) is 0 Å². The summed E-state index contributed by atoms with van der Waals surface area (Å²) in [6.07, 6.45) is 3.68. The van der Waals surface area contributed by atoms with Crippen LogP contribution >= 0.6 is 39.1 Å². The van der Waals surface area contributed by atoms with Crippen molar-refractivity contribution in [3.8, 4) is 0 Å². The zero-order chi connectivity index (χ0) is 20.8. The smallest absolute Gasteiger partial charge is 0.242 e. The van der Waals surface area contributed by atoms with E-state index >= 15 is 0 Å². The maximum Gasteiger partial charge on any atom is 0.242 e. The quantitative estimate of drug-likeness (QED) is 0.487. The minimum atomic E-state index is -3.74. The van der Waals surface area contributed by atoms with Crippen molar-refractivity contribution in [2.45, 2.75) is 42.0 Å². The van der Waals surface area contributed by atoms with Crippen LogP contribution in [0.1, 0.15) is 31.2 Å². The molecule has 0 aromatic heterocycles. The Morgan fingerprint density at radius 1 is 1.24 bits per heavy atom. The Balaban J connectivity index is 1.61. The van der Waals surface area contributed by atoms with Crippen molar-refractivity contribution in [3.63, 3.8) is 0 Å². The molecule has 0 unspecified atom stereocenters. The first-order chi connectivity index (χ1) is 13.7. The molecule has 0 amide bonds. The summed E-state index contributed by atoms with van der Waals surface area (Å²) < 4.78 is 29.3. The van der Waals surface area contributed by atoms with Crippen LogP contribution in [-0.4, -0.2) is 21.0 Å². The molecule has 1 fully saturated rings. The number of sulfonamides is 1. The number of rotatable bonds is 5. The fraction of sp³-hybridized carbons (Fsp3) is 0.333. The third-order valence-corrected chi connectivity index (χ3v) is 8.66. The van der Waals surface area contributed by atoms with Crippen LogP contribution in [-0.2, 0) is 15.4 Å². The van der Waals surface area contributed by atoms with Crippen LogP contribution in [0.15, 0.2) is 57.9 Å². The van der Waals surface area contributed by atoms with Crippen molar-refractivity contribution < 1.29 is 8.42 Å². The Hall–Kier alpha value is -1.05. The van der Waals surface area contributed by atoms with Crippen molar-refractivity contribution >= 4 is 54.8 Å². The standard InChI is InChI=1S/C21H21BrCl2N2O2S/c1-13-3-2-4-20-21(13,16-11-14(22)5-7-18(16)26-20)9-10-25-29(27,28)19-8-6-15(23)12-17(19)24/h5-8,11-12,20,25-26H,1-4,9-10H2/t20-,21-/m0/s1. The lowest BCUT2D eigenvalue weighted by Gasteiger charge is -2.42. The van der Waals surface area contributed by atoms with E-state index in [1.165, 1.54) is 23.8 Å². The normalized spacial score (nSPS) is 23.4. The van der Waals surface area contributed by atoms with Crippen LogP contribution in [0.2, 0.25) is 10.0 Å². The molecular weight excluding hydrogens is 495 g/mol. The Kier molecular flexibility index (Phi) is 5.77. The monoisotopic (exact) mass is 514 g/mol. The molecule has 4 rings (SSSR count). The van der Waals surface area contributed by atoms with Gasteiger partial charge in [-0.05, 0) is 67.6 Å². The summed E-state index contributed by atoms with van der Waals surface area (Å²) >= 11 is 15.6. The van der Waals surface area contributed by atoms with E-state index in [4.69, 9.17) is 23.2 Å². The summed E-state index contributed by atoms with van der Waals surface area (Å²) in [5.74, 6) is 0. The maximum absolute atomic E-state index is 12.8. The van der Waals surface area contributed by atoms with Gasteiger partial charge in [0.1, 0.15) is 4.90 Å². The minimum Gasteiger partial charge on any atom is -0.381 e. The van der Waals surface area contributed by atoms with Crippen LogP contribution in [0.5, 0.6) is 0 Å². The van der Waals surface area contributed by atoms with Crippen LogP contribution in [0, 0.1) is 0 Å². The summed E-state index contributed by atoms with van der Waals surface area (Å²) in [5, 5.41) is 4.14. The van der Waals surface area contributed by atoms with Gasteiger partial charge in [-0.3, -0.25) is 0 Å². The predicted molar refractivity (Wildman–Crippen MR) is 122 cm³/mol. The molecule has 2 aromatic rings. The van der Waals surface area contributed by atoms with E-state index in [0.29, 0.717) is 11.4 Å². The highest BCUT2D eigenvalue weighted by Gasteiger charge is 2.49. The second-order valence-electron chi connectivity index (χ2n) is 7.58. The predicted octanol–water partition coefficient (Wildman–Crippen LogP) is 5.90. The van der Waals surface area contributed by atoms with Crippen molar-refractivity contribution in [1.29, 1.82) is 0 Å². The first-order valence-electron chi connectivity index (χ1n) is 9.43. The fourth-order valence-electron chi connectivity index (χ4n) is 4.65. The summed E-state index contributed by atoms with van der Waals surface area (Å²) in [5.41, 5.74) is 3.15. The average molecular weight is 516 g/mol. The zero-order valence-corrected chi connectivity index (χ0v) is 19.6. The Morgan fingerprint density at radius 2 is 2.03 bits per heavy atom. The SMILES string of the molecule is C=C1CCC[C@@H]2Nc3ccc(Br)cc3[C@]12CCNS(=O)(=O)c1ccc(Cl)cc1Cl. The van der Waals surface area contributed by atoms with Gasteiger partial charge in [-0.15, -0.1) is 0 Å². The molecule has 2 atom stereocenters. The molecule has 0 saturated heterocycles. The third-order valence-electron chi connectivity index (χ3n) is 5.98. The highest BCUT2D eigenvalue weighted by atomic mass is 79.9. The number of anilines is 1. The third kappa shape index (κ3) is 3.74. The molecule has 4 nitrogen and oxygen atoms in total. The first-order valence-corrected chi connectivity index (χ1v) is 12.5. The molecule has 1 saturated carbocycles. The molecule has 29 heavy (non-hydrogen) atoms. The van der Waals surface area contributed by atoms with E-state index in [1.807, 2.05) is 6.07 Å². The zero-order valence-electron chi connectivity index (χ0n) is 15.6. The molecule has 2 aliphatic rings. The van der Waals surface area contributed by atoms with Crippen molar-refractivity contribution in [3.05, 3.63) is 68.6 Å². The lowest BCUT2D eigenvalue weighted by molar-refractivity contribution is 0.344. The topological polar surface area (TPSA) is 58.2 Å². The van der Waals surface area contributed by atoms with Crippen molar-refractivity contribution in [1.82, 2.24) is 4.72 Å². The molecule has 2 aromatic carbocycles. The van der Waals surface area contributed by atoms with Crippen LogP contribution < -0.4 is 10.0 Å². The second-order valence-corrected chi connectivity index (χ2v) is 11.1. The van der Waals surface area contributed by atoms with E-state index in [9.17, 15) is 8.42 Å². The number of benzene rings is 2. The average Bonchev–Trinajstić information content (AvgIpc) is 2.96. The number of fused-ring (bicyclic) bond motifs is 3. The summed E-state index contributed by atoms with van der Waals surface area (Å²) in [4.78, 5) is 0.0350. The van der Waals surface area contributed by atoms with Gasteiger partial charge in [-0.2, -0.15) is 0 Å². The van der Waals surface area contributed by atoms with E-state index in [1.54, 1.807) is 0 Å². The molecule has 1 heterocycles. The molecule has 0 bridgehead atoms. The van der Waals surface area contributed by atoms with Gasteiger partial charge in [0.25, 0.3) is 0 Å². The second kappa shape index (κ2) is 7.89. The first kappa shape index (κ1) is 21.2. The van der Waals surface area contributed by atoms with Gasteiger partial charge >= 0.3 is 0 Å². The van der Waals surface area contributed by atoms with E-state index in [0.717, 1.165) is 35.0 Å². The van der Waals surface area contributed by atoms with Gasteiger partial charge in [-0.25, -0.2) is 13.1 Å². The van der Waals surface area contributed by atoms with Gasteiger partial charge < -0.3 is 5.32 Å². The largest absolute Gasteiger partial charge is 0.381 e. The molecule has 2 N–H and O–H groups in total. The van der Waals surface area contributed by atoms with E-state index in [-0.39, 0.29) is 27.9 Å². The molecule has 8 heteroatoms. The van der Waals surface area contributed by atoms with Gasteiger partial charge in [0.2, 0.25) is 10.0 Å². The Morgan fingerprint density at radius 3 is 2.79 bits per heavy atom. The summed E-state index contributed by atoms with van der Waals surface area (Å²) in [7, 11) is -3.74. The highest BCUT2D eigenvalue weighted by molar-refractivity contribution is 9.10. The minimum absolute atomic E-state index is 0.0350. The lowest BCUT2D eigenvalue weighted by Crippen LogP contribution is -2.45. The lowest BCUT2D eigenvalue weighted by atomic mass is 9.63. The van der Waals surface area contributed by atoms with Crippen LogP contribution in [0.4, 0.5) is 5.69 Å². The van der Waals surface area contributed by atoms with Crippen LogP contribution in [0.25, 0.3) is 0 Å².